The Morgan fingerprint density at radius 3 is 2.95 bits per heavy atom. The largest absolute Gasteiger partial charge is 0.480 e. The summed E-state index contributed by atoms with van der Waals surface area (Å²) in [5.41, 5.74) is 1.03. The topological polar surface area (TPSA) is 82.5 Å². The van der Waals surface area contributed by atoms with E-state index in [2.05, 4.69) is 10.3 Å². The molecule has 1 aliphatic heterocycles. The first kappa shape index (κ1) is 12.7. The zero-order valence-corrected chi connectivity index (χ0v) is 11.7. The van der Waals surface area contributed by atoms with Gasteiger partial charge in [-0.25, -0.2) is 14.6 Å². The highest BCUT2D eigenvalue weighted by atomic mass is 32.2. The van der Waals surface area contributed by atoms with Gasteiger partial charge in [0.25, 0.3) is 0 Å². The number of aliphatic carboxylic acids is 1. The highest BCUT2D eigenvalue weighted by Gasteiger charge is 2.35. The fourth-order valence-corrected chi connectivity index (χ4v) is 3.85. The van der Waals surface area contributed by atoms with Crippen molar-refractivity contribution in [2.75, 3.05) is 16.9 Å². The lowest BCUT2D eigenvalue weighted by molar-refractivity contribution is -0.140. The Bertz CT molecular complexity index is 515. The third-order valence-corrected chi connectivity index (χ3v) is 4.95. The van der Waals surface area contributed by atoms with E-state index in [0.29, 0.717) is 22.7 Å². The number of urea groups is 1. The summed E-state index contributed by atoms with van der Waals surface area (Å²) in [4.78, 5) is 28.7. The molecule has 0 radical (unpaired) electrons. The number of amides is 2. The highest BCUT2D eigenvalue weighted by molar-refractivity contribution is 7.99. The summed E-state index contributed by atoms with van der Waals surface area (Å²) in [6, 6.07) is -1.12. The molecule has 0 aromatic carbocycles. The summed E-state index contributed by atoms with van der Waals surface area (Å²) in [6.45, 7) is 0. The predicted molar refractivity (Wildman–Crippen MR) is 73.7 cm³/mol. The Balaban J connectivity index is 1.64. The maximum atomic E-state index is 12.0. The van der Waals surface area contributed by atoms with Crippen molar-refractivity contribution in [3.05, 3.63) is 11.1 Å². The molecule has 102 valence electrons. The van der Waals surface area contributed by atoms with Gasteiger partial charge in [-0.3, -0.25) is 5.32 Å². The molecule has 1 saturated carbocycles. The normalized spacial score (nSPS) is 22.5. The molecule has 19 heavy (non-hydrogen) atoms. The minimum Gasteiger partial charge on any atom is -0.480 e. The molecule has 2 N–H and O–H groups in total. The van der Waals surface area contributed by atoms with Gasteiger partial charge in [-0.1, -0.05) is 0 Å². The molecule has 6 nitrogen and oxygen atoms in total. The molecule has 3 rings (SSSR count). The van der Waals surface area contributed by atoms with Crippen LogP contribution in [0, 0.1) is 0 Å². The Hall–Kier alpha value is -1.28. The minimum absolute atomic E-state index is 0.380. The van der Waals surface area contributed by atoms with Gasteiger partial charge < -0.3 is 10.0 Å². The van der Waals surface area contributed by atoms with Crippen LogP contribution in [0.25, 0.3) is 0 Å². The molecule has 8 heteroatoms. The molecule has 2 fully saturated rings. The molecule has 1 unspecified atom stereocenters. The van der Waals surface area contributed by atoms with Crippen LogP contribution in [0.15, 0.2) is 5.38 Å². The van der Waals surface area contributed by atoms with Gasteiger partial charge in [0.2, 0.25) is 0 Å². The molecular formula is C11H13N3O3S2. The van der Waals surface area contributed by atoms with Gasteiger partial charge in [-0.15, -0.1) is 23.1 Å². The monoisotopic (exact) mass is 299 g/mol. The Labute approximate surface area is 118 Å². The van der Waals surface area contributed by atoms with E-state index < -0.39 is 12.0 Å². The van der Waals surface area contributed by atoms with Crippen molar-refractivity contribution >= 4 is 40.2 Å². The molecule has 1 aromatic heterocycles. The van der Waals surface area contributed by atoms with Crippen LogP contribution >= 0.6 is 23.1 Å². The number of thiazole rings is 1. The van der Waals surface area contributed by atoms with Crippen LogP contribution in [0.3, 0.4) is 0 Å². The summed E-state index contributed by atoms with van der Waals surface area (Å²) in [5.74, 6) is 0.436. The number of nitrogens with zero attached hydrogens (tertiary/aromatic N) is 2. The number of anilines is 1. The van der Waals surface area contributed by atoms with Crippen LogP contribution in [0.4, 0.5) is 9.93 Å². The van der Waals surface area contributed by atoms with Gasteiger partial charge in [-0.2, -0.15) is 0 Å². The van der Waals surface area contributed by atoms with Gasteiger partial charge in [0.1, 0.15) is 6.04 Å². The number of nitrogens with one attached hydrogen (secondary N) is 1. The number of aromatic nitrogens is 1. The SMILES string of the molecule is O=C(O)C1CSCN1C(=O)Nc1nc(C2CC2)cs1. The second-order valence-electron chi connectivity index (χ2n) is 4.61. The number of hydrogen-bond donors (Lipinski definition) is 2. The zero-order valence-electron chi connectivity index (χ0n) is 10.0. The number of thioether (sulfide) groups is 1. The van der Waals surface area contributed by atoms with Crippen molar-refractivity contribution in [3.63, 3.8) is 0 Å². The van der Waals surface area contributed by atoms with Crippen LogP contribution < -0.4 is 5.32 Å². The van der Waals surface area contributed by atoms with Crippen molar-refractivity contribution in [2.45, 2.75) is 24.8 Å². The van der Waals surface area contributed by atoms with Crippen LogP contribution in [-0.2, 0) is 4.79 Å². The van der Waals surface area contributed by atoms with Crippen LogP contribution in [0.2, 0.25) is 0 Å². The molecule has 0 bridgehead atoms. The average Bonchev–Trinajstić information content (AvgIpc) is 2.92. The third-order valence-electron chi connectivity index (χ3n) is 3.16. The van der Waals surface area contributed by atoms with E-state index in [0.717, 1.165) is 5.69 Å². The second-order valence-corrected chi connectivity index (χ2v) is 6.46. The molecule has 1 aromatic rings. The van der Waals surface area contributed by atoms with Crippen LogP contribution in [-0.4, -0.2) is 44.7 Å². The lowest BCUT2D eigenvalue weighted by Crippen LogP contribution is -2.43. The highest BCUT2D eigenvalue weighted by Crippen LogP contribution is 2.40. The quantitative estimate of drug-likeness (QED) is 0.892. The van der Waals surface area contributed by atoms with E-state index in [-0.39, 0.29) is 6.03 Å². The van der Waals surface area contributed by atoms with Gasteiger partial charge >= 0.3 is 12.0 Å². The lowest BCUT2D eigenvalue weighted by Gasteiger charge is -2.19. The zero-order chi connectivity index (χ0) is 13.4. The molecule has 0 spiro atoms. The maximum Gasteiger partial charge on any atom is 0.327 e. The van der Waals surface area contributed by atoms with E-state index in [1.165, 1.54) is 40.8 Å². The Morgan fingerprint density at radius 2 is 2.26 bits per heavy atom. The number of hydrogen-bond acceptors (Lipinski definition) is 5. The molecule has 2 aliphatic rings. The Morgan fingerprint density at radius 1 is 1.47 bits per heavy atom. The summed E-state index contributed by atoms with van der Waals surface area (Å²) in [5, 5.41) is 14.2. The van der Waals surface area contributed by atoms with Crippen molar-refractivity contribution in [3.8, 4) is 0 Å². The maximum absolute atomic E-state index is 12.0. The fourth-order valence-electron chi connectivity index (χ4n) is 1.92. The third kappa shape index (κ3) is 2.69. The number of carbonyl (C=O) groups is 2. The molecular weight excluding hydrogens is 286 g/mol. The summed E-state index contributed by atoms with van der Waals surface area (Å²) >= 11 is 2.84. The molecule has 1 aliphatic carbocycles. The molecule has 1 saturated heterocycles. The van der Waals surface area contributed by atoms with Gasteiger partial charge in [-0.05, 0) is 12.8 Å². The predicted octanol–water partition coefficient (Wildman–Crippen LogP) is 2.01. The van der Waals surface area contributed by atoms with E-state index >= 15 is 0 Å². The van der Waals surface area contributed by atoms with Crippen molar-refractivity contribution in [1.29, 1.82) is 0 Å². The Kier molecular flexibility index (Phi) is 3.36. The van der Waals surface area contributed by atoms with Crippen molar-refractivity contribution < 1.29 is 14.7 Å². The van der Waals surface area contributed by atoms with Gasteiger partial charge in [0.15, 0.2) is 5.13 Å². The van der Waals surface area contributed by atoms with Crippen molar-refractivity contribution in [2.24, 2.45) is 0 Å². The number of carboxylic acids is 1. The molecule has 1 atom stereocenters. The summed E-state index contributed by atoms with van der Waals surface area (Å²) in [7, 11) is 0. The standard InChI is InChI=1S/C11H13N3O3S2/c15-9(16)8-4-18-5-14(8)11(17)13-10-12-7(3-19-10)6-1-2-6/h3,6,8H,1-2,4-5H2,(H,15,16)(H,12,13,17). The van der Waals surface area contributed by atoms with Crippen LogP contribution in [0.1, 0.15) is 24.5 Å². The van der Waals surface area contributed by atoms with E-state index in [9.17, 15) is 9.59 Å². The minimum atomic E-state index is -0.960. The first-order valence-corrected chi connectivity index (χ1v) is 8.02. The van der Waals surface area contributed by atoms with Crippen molar-refractivity contribution in [1.82, 2.24) is 9.88 Å². The van der Waals surface area contributed by atoms with Crippen LogP contribution in [0.5, 0.6) is 0 Å². The van der Waals surface area contributed by atoms with E-state index in [1.54, 1.807) is 0 Å². The average molecular weight is 299 g/mol. The molecule has 2 heterocycles. The smallest absolute Gasteiger partial charge is 0.327 e. The number of rotatable bonds is 3. The second kappa shape index (κ2) is 5.01. The lowest BCUT2D eigenvalue weighted by atomic mass is 10.3. The van der Waals surface area contributed by atoms with E-state index in [4.69, 9.17) is 5.11 Å². The molecule has 2 amide bonds. The van der Waals surface area contributed by atoms with Gasteiger partial charge in [0, 0.05) is 17.1 Å². The first-order valence-electron chi connectivity index (χ1n) is 5.99. The first-order chi connectivity index (χ1) is 9.15. The fraction of sp³-hybridized carbons (Fsp3) is 0.545. The number of carboxylic acid groups (broad SMARTS) is 1. The van der Waals surface area contributed by atoms with Gasteiger partial charge in [0.05, 0.1) is 11.6 Å². The number of carbonyl (C=O) groups excluding carboxylic acids is 1. The van der Waals surface area contributed by atoms with E-state index in [1.807, 2.05) is 5.38 Å². The summed E-state index contributed by atoms with van der Waals surface area (Å²) < 4.78 is 0. The summed E-state index contributed by atoms with van der Waals surface area (Å²) in [6.07, 6.45) is 2.34.